The van der Waals surface area contributed by atoms with Crippen LogP contribution in [0.1, 0.15) is 18.4 Å². The van der Waals surface area contributed by atoms with Crippen molar-refractivity contribution in [2.75, 3.05) is 43.2 Å². The Morgan fingerprint density at radius 1 is 1.58 bits per heavy atom. The molecule has 0 radical (unpaired) electrons. The zero-order chi connectivity index (χ0) is 17.5. The molecule has 0 spiro atoms. The van der Waals surface area contributed by atoms with Crippen LogP contribution in [0.5, 0.6) is 0 Å². The number of nitrogens with two attached hydrogens (primary N) is 1. The normalized spacial score (nSPS) is 18.6. The summed E-state index contributed by atoms with van der Waals surface area (Å²) in [6.07, 6.45) is 3.00. The third-order valence-electron chi connectivity index (χ3n) is 3.74. The van der Waals surface area contributed by atoms with Gasteiger partial charge >= 0.3 is 5.97 Å². The van der Waals surface area contributed by atoms with E-state index in [0.29, 0.717) is 25.4 Å². The topological polar surface area (TPSA) is 128 Å². The molecule has 0 amide bonds. The van der Waals surface area contributed by atoms with Gasteiger partial charge in [0.15, 0.2) is 11.1 Å². The van der Waals surface area contributed by atoms with Crippen molar-refractivity contribution in [2.45, 2.75) is 25.4 Å². The summed E-state index contributed by atoms with van der Waals surface area (Å²) in [4.78, 5) is 21.4. The molecule has 1 aliphatic rings. The second-order valence-corrected chi connectivity index (χ2v) is 6.46. The first-order valence-electron chi connectivity index (χ1n) is 7.61. The molecule has 0 bridgehead atoms. The predicted octanol–water partition coefficient (Wildman–Crippen LogP) is -0.0186. The quantitative estimate of drug-likeness (QED) is 0.486. The monoisotopic (exact) mass is 358 g/mol. The number of rotatable bonds is 8. The number of carbonyl (C=O) groups is 1. The maximum atomic E-state index is 11.1. The molecule has 2 atom stereocenters. The van der Waals surface area contributed by atoms with Crippen LogP contribution >= 0.6 is 0 Å². The maximum absolute atomic E-state index is 11.1. The average molecular weight is 358 g/mol. The Bertz CT molecular complexity index is 601. The van der Waals surface area contributed by atoms with E-state index in [1.807, 2.05) is 4.90 Å². The molecule has 1 aromatic rings. The van der Waals surface area contributed by atoms with Crippen molar-refractivity contribution in [3.8, 4) is 0 Å². The van der Waals surface area contributed by atoms with Gasteiger partial charge in [-0.2, -0.15) is 4.98 Å². The molecule has 24 heavy (non-hydrogen) atoms. The van der Waals surface area contributed by atoms with Gasteiger partial charge in [-0.1, -0.05) is 0 Å². The van der Waals surface area contributed by atoms with Crippen LogP contribution < -0.4 is 10.6 Å². The fraction of sp³-hybridized carbons (Fsp3) is 0.643. The van der Waals surface area contributed by atoms with E-state index in [4.69, 9.17) is 15.0 Å². The number of methoxy groups -OCH3 is 1. The molecule has 1 aliphatic heterocycles. The third-order valence-corrected chi connectivity index (χ3v) is 4.29. The number of nitrogen functional groups attached to an aromatic ring is 1. The first-order chi connectivity index (χ1) is 11.5. The van der Waals surface area contributed by atoms with E-state index < -0.39 is 11.1 Å². The van der Waals surface area contributed by atoms with Crippen LogP contribution in [0.4, 0.5) is 11.8 Å². The van der Waals surface area contributed by atoms with Crippen molar-refractivity contribution in [3.63, 3.8) is 0 Å². The number of anilines is 2. The van der Waals surface area contributed by atoms with Crippen molar-refractivity contribution < 1.29 is 23.0 Å². The van der Waals surface area contributed by atoms with E-state index in [9.17, 15) is 9.00 Å². The van der Waals surface area contributed by atoms with Gasteiger partial charge in [-0.05, 0) is 12.8 Å². The lowest BCUT2D eigenvalue weighted by molar-refractivity contribution is -0.142. The Hall–Kier alpha value is -1.78. The molecule has 3 N–H and O–H groups in total. The summed E-state index contributed by atoms with van der Waals surface area (Å²) in [7, 11) is 1.35. The number of hydrogen-bond acceptors (Lipinski definition) is 8. The van der Waals surface area contributed by atoms with E-state index in [2.05, 4.69) is 14.7 Å². The highest BCUT2D eigenvalue weighted by Gasteiger charge is 2.26. The van der Waals surface area contributed by atoms with Crippen molar-refractivity contribution >= 4 is 28.8 Å². The van der Waals surface area contributed by atoms with Crippen LogP contribution in [0, 0.1) is 0 Å². The van der Waals surface area contributed by atoms with Gasteiger partial charge in [-0.3, -0.25) is 4.79 Å². The number of aromatic nitrogens is 2. The zero-order valence-corrected chi connectivity index (χ0v) is 14.3. The standard InChI is InChI=1S/C14H22N4O5S/c1-22-12(19)3-6-23-11-2-5-18(9-11)13-10(4-7-24(20)21)8-16-14(15)17-13/h8,11H,2-7,9H2,1H3,(H,20,21)(H2,15,16,17)/t11-/m0/s1. The first-order valence-corrected chi connectivity index (χ1v) is 8.89. The molecular weight excluding hydrogens is 336 g/mol. The van der Waals surface area contributed by atoms with Crippen LogP contribution in [0.15, 0.2) is 6.20 Å². The Labute approximate surface area is 142 Å². The average Bonchev–Trinajstić information content (AvgIpc) is 3.02. The minimum atomic E-state index is -1.87. The lowest BCUT2D eigenvalue weighted by atomic mass is 10.2. The highest BCUT2D eigenvalue weighted by atomic mass is 32.2. The fourth-order valence-electron chi connectivity index (χ4n) is 2.53. The summed E-state index contributed by atoms with van der Waals surface area (Å²) in [5, 5.41) is 0. The number of aryl methyl sites for hydroxylation is 1. The van der Waals surface area contributed by atoms with Crippen molar-refractivity contribution in [1.29, 1.82) is 0 Å². The summed E-state index contributed by atoms with van der Waals surface area (Å²) in [6.45, 7) is 1.66. The van der Waals surface area contributed by atoms with Gasteiger partial charge in [0.1, 0.15) is 5.82 Å². The Morgan fingerprint density at radius 3 is 3.08 bits per heavy atom. The second-order valence-electron chi connectivity index (χ2n) is 5.41. The summed E-state index contributed by atoms with van der Waals surface area (Å²) in [6, 6.07) is 0. The molecule has 1 saturated heterocycles. The highest BCUT2D eigenvalue weighted by Crippen LogP contribution is 2.24. The van der Waals surface area contributed by atoms with E-state index in [1.54, 1.807) is 6.20 Å². The number of ether oxygens (including phenoxy) is 2. The summed E-state index contributed by atoms with van der Waals surface area (Å²) in [5.74, 6) is 0.654. The highest BCUT2D eigenvalue weighted by molar-refractivity contribution is 7.79. The molecule has 2 rings (SSSR count). The van der Waals surface area contributed by atoms with E-state index in [-0.39, 0.29) is 30.2 Å². The number of carbonyl (C=O) groups excluding carboxylic acids is 1. The zero-order valence-electron chi connectivity index (χ0n) is 13.5. The fourth-order valence-corrected chi connectivity index (χ4v) is 2.92. The Balaban J connectivity index is 1.95. The molecule has 0 aliphatic carbocycles. The van der Waals surface area contributed by atoms with Crippen molar-refractivity contribution in [2.24, 2.45) is 0 Å². The van der Waals surface area contributed by atoms with Crippen molar-refractivity contribution in [3.05, 3.63) is 11.8 Å². The van der Waals surface area contributed by atoms with Crippen LogP contribution in [0.2, 0.25) is 0 Å². The predicted molar refractivity (Wildman–Crippen MR) is 89.0 cm³/mol. The van der Waals surface area contributed by atoms with E-state index >= 15 is 0 Å². The maximum Gasteiger partial charge on any atom is 0.307 e. The molecule has 1 aromatic heterocycles. The van der Waals surface area contributed by atoms with Gasteiger partial charge in [-0.25, -0.2) is 9.19 Å². The molecule has 0 aromatic carbocycles. The molecule has 9 nitrogen and oxygen atoms in total. The largest absolute Gasteiger partial charge is 0.469 e. The van der Waals surface area contributed by atoms with Gasteiger partial charge in [0.05, 0.1) is 32.0 Å². The van der Waals surface area contributed by atoms with Gasteiger partial charge in [0, 0.05) is 24.8 Å². The minimum Gasteiger partial charge on any atom is -0.469 e. The molecule has 2 heterocycles. The lowest BCUT2D eigenvalue weighted by Crippen LogP contribution is -2.26. The van der Waals surface area contributed by atoms with E-state index in [0.717, 1.165) is 18.5 Å². The molecule has 134 valence electrons. The Morgan fingerprint density at radius 2 is 2.38 bits per heavy atom. The SMILES string of the molecule is COC(=O)CCO[C@H]1CCN(c2nc(N)ncc2CCS(=O)O)C1. The van der Waals surface area contributed by atoms with Crippen LogP contribution in [0.3, 0.4) is 0 Å². The molecular formula is C14H22N4O5S. The molecule has 1 fully saturated rings. The van der Waals surface area contributed by atoms with E-state index in [1.165, 1.54) is 7.11 Å². The van der Waals surface area contributed by atoms with Crippen LogP contribution in [-0.4, -0.2) is 63.4 Å². The Kier molecular flexibility index (Phi) is 6.88. The third kappa shape index (κ3) is 5.39. The molecule has 1 unspecified atom stereocenters. The minimum absolute atomic E-state index is 0.00864. The molecule has 0 saturated carbocycles. The lowest BCUT2D eigenvalue weighted by Gasteiger charge is -2.20. The van der Waals surface area contributed by atoms with Gasteiger partial charge in [0.25, 0.3) is 0 Å². The summed E-state index contributed by atoms with van der Waals surface area (Å²) in [5.41, 5.74) is 6.45. The summed E-state index contributed by atoms with van der Waals surface area (Å²) >= 11 is -1.87. The second kappa shape index (κ2) is 8.90. The van der Waals surface area contributed by atoms with Gasteiger partial charge in [0.2, 0.25) is 5.95 Å². The van der Waals surface area contributed by atoms with Crippen LogP contribution in [0.25, 0.3) is 0 Å². The number of hydrogen-bond donors (Lipinski definition) is 2. The van der Waals surface area contributed by atoms with Gasteiger partial charge in [-0.15, -0.1) is 0 Å². The number of nitrogens with zero attached hydrogens (tertiary/aromatic N) is 3. The number of esters is 1. The van der Waals surface area contributed by atoms with Gasteiger partial charge < -0.3 is 24.7 Å². The molecule has 10 heteroatoms. The van der Waals surface area contributed by atoms with Crippen molar-refractivity contribution in [1.82, 2.24) is 9.97 Å². The summed E-state index contributed by atoms with van der Waals surface area (Å²) < 4.78 is 30.1. The van der Waals surface area contributed by atoms with Crippen LogP contribution in [-0.2, 0) is 31.8 Å². The smallest absolute Gasteiger partial charge is 0.307 e. The first kappa shape index (κ1) is 18.6.